The van der Waals surface area contributed by atoms with Crippen LogP contribution >= 0.6 is 11.3 Å². The van der Waals surface area contributed by atoms with Gasteiger partial charge in [-0.2, -0.15) is 11.3 Å². The van der Waals surface area contributed by atoms with E-state index in [-0.39, 0.29) is 12.5 Å². The number of amides is 1. The number of likely N-dealkylation sites (tertiary alicyclic amines) is 1. The van der Waals surface area contributed by atoms with Crippen molar-refractivity contribution in [2.75, 3.05) is 20.1 Å². The van der Waals surface area contributed by atoms with Gasteiger partial charge in [-0.05, 0) is 48.2 Å². The number of aliphatic carboxylic acids is 1. The lowest BCUT2D eigenvalue weighted by Gasteiger charge is -2.34. The topological polar surface area (TPSA) is 60.9 Å². The van der Waals surface area contributed by atoms with Crippen molar-refractivity contribution in [1.82, 2.24) is 9.80 Å². The Morgan fingerprint density at radius 2 is 2.29 bits per heavy atom. The number of carbonyl (C=O) groups is 2. The molecular formula is C15H22N2O3S. The van der Waals surface area contributed by atoms with Crippen molar-refractivity contribution in [3.05, 3.63) is 22.4 Å². The number of rotatable bonds is 6. The van der Waals surface area contributed by atoms with Gasteiger partial charge >= 0.3 is 5.97 Å². The maximum atomic E-state index is 12.3. The molecule has 0 radical (unpaired) electrons. The number of hydrogen-bond acceptors (Lipinski definition) is 4. The molecule has 1 saturated heterocycles. The molecule has 1 aromatic heterocycles. The van der Waals surface area contributed by atoms with E-state index in [1.807, 2.05) is 28.7 Å². The summed E-state index contributed by atoms with van der Waals surface area (Å²) in [6, 6.07) is 2.00. The van der Waals surface area contributed by atoms with Gasteiger partial charge in [0, 0.05) is 13.6 Å². The lowest BCUT2D eigenvalue weighted by molar-refractivity contribution is -0.151. The molecule has 6 heteroatoms. The zero-order valence-corrected chi connectivity index (χ0v) is 13.4. The minimum atomic E-state index is -0.862. The van der Waals surface area contributed by atoms with Crippen LogP contribution in [0.25, 0.3) is 0 Å². The highest BCUT2D eigenvalue weighted by molar-refractivity contribution is 7.07. The fraction of sp³-hybridized carbons (Fsp3) is 0.600. The van der Waals surface area contributed by atoms with Crippen LogP contribution in [-0.4, -0.2) is 52.5 Å². The van der Waals surface area contributed by atoms with E-state index in [2.05, 4.69) is 0 Å². The molecule has 1 unspecified atom stereocenters. The molecule has 1 amide bonds. The van der Waals surface area contributed by atoms with Crippen molar-refractivity contribution in [2.45, 2.75) is 38.3 Å². The van der Waals surface area contributed by atoms with Gasteiger partial charge in [-0.1, -0.05) is 6.92 Å². The summed E-state index contributed by atoms with van der Waals surface area (Å²) >= 11 is 1.61. The van der Waals surface area contributed by atoms with Crippen molar-refractivity contribution in [3.8, 4) is 0 Å². The molecule has 5 nitrogen and oxygen atoms in total. The van der Waals surface area contributed by atoms with Crippen LogP contribution in [0.3, 0.4) is 0 Å². The second-order valence-electron chi connectivity index (χ2n) is 5.60. The number of thiophene rings is 1. The summed E-state index contributed by atoms with van der Waals surface area (Å²) < 4.78 is 0. The largest absolute Gasteiger partial charge is 0.480 e. The summed E-state index contributed by atoms with van der Waals surface area (Å²) in [5, 5.41) is 13.5. The third-order valence-electron chi connectivity index (χ3n) is 4.36. The van der Waals surface area contributed by atoms with Crippen molar-refractivity contribution < 1.29 is 14.7 Å². The Labute approximate surface area is 129 Å². The second kappa shape index (κ2) is 6.58. The summed E-state index contributed by atoms with van der Waals surface area (Å²) in [7, 11) is 1.77. The van der Waals surface area contributed by atoms with Gasteiger partial charge in [0.1, 0.15) is 5.54 Å². The highest BCUT2D eigenvalue weighted by Crippen LogP contribution is 2.32. The van der Waals surface area contributed by atoms with Gasteiger partial charge in [-0.25, -0.2) is 0 Å². The Balaban J connectivity index is 1.99. The smallest absolute Gasteiger partial charge is 0.324 e. The Morgan fingerprint density at radius 1 is 1.52 bits per heavy atom. The van der Waals surface area contributed by atoms with E-state index < -0.39 is 11.5 Å². The molecule has 1 aromatic rings. The number of carbonyl (C=O) groups excluding carboxylic acids is 1. The third kappa shape index (κ3) is 3.27. The van der Waals surface area contributed by atoms with Crippen molar-refractivity contribution in [1.29, 1.82) is 0 Å². The molecule has 0 aliphatic carbocycles. The van der Waals surface area contributed by atoms with Crippen LogP contribution in [0, 0.1) is 0 Å². The molecule has 2 rings (SSSR count). The molecule has 0 aromatic carbocycles. The predicted octanol–water partition coefficient (Wildman–Crippen LogP) is 2.04. The van der Waals surface area contributed by atoms with Gasteiger partial charge in [0.25, 0.3) is 0 Å². The lowest BCUT2D eigenvalue weighted by atomic mass is 9.93. The number of carboxylic acid groups (broad SMARTS) is 1. The molecule has 1 fully saturated rings. The van der Waals surface area contributed by atoms with Crippen LogP contribution in [0.5, 0.6) is 0 Å². The summed E-state index contributed by atoms with van der Waals surface area (Å²) in [5.74, 6) is -0.835. The lowest BCUT2D eigenvalue weighted by Crippen LogP contribution is -2.53. The summed E-state index contributed by atoms with van der Waals surface area (Å²) in [6.45, 7) is 3.31. The summed E-state index contributed by atoms with van der Waals surface area (Å²) in [4.78, 5) is 27.5. The normalized spacial score (nSPS) is 22.4. The number of carboxylic acids is 1. The van der Waals surface area contributed by atoms with Crippen LogP contribution in [0.2, 0.25) is 0 Å². The molecule has 1 N–H and O–H groups in total. The van der Waals surface area contributed by atoms with Crippen LogP contribution in [0.4, 0.5) is 0 Å². The first-order chi connectivity index (χ1) is 9.99. The van der Waals surface area contributed by atoms with E-state index in [9.17, 15) is 14.7 Å². The molecule has 21 heavy (non-hydrogen) atoms. The fourth-order valence-corrected chi connectivity index (χ4v) is 3.65. The first-order valence-corrected chi connectivity index (χ1v) is 8.17. The predicted molar refractivity (Wildman–Crippen MR) is 82.3 cm³/mol. The van der Waals surface area contributed by atoms with E-state index in [1.165, 1.54) is 0 Å². The fourth-order valence-electron chi connectivity index (χ4n) is 2.99. The Bertz CT molecular complexity index is 503. The Kier molecular flexibility index (Phi) is 5.00. The molecule has 0 bridgehead atoms. The van der Waals surface area contributed by atoms with Gasteiger partial charge < -0.3 is 10.0 Å². The van der Waals surface area contributed by atoms with Crippen LogP contribution in [0.15, 0.2) is 16.8 Å². The third-order valence-corrected chi connectivity index (χ3v) is 5.09. The molecule has 1 aliphatic heterocycles. The van der Waals surface area contributed by atoms with Gasteiger partial charge in [0.05, 0.1) is 6.54 Å². The zero-order valence-electron chi connectivity index (χ0n) is 12.5. The van der Waals surface area contributed by atoms with Gasteiger partial charge in [-0.15, -0.1) is 0 Å². The molecule has 2 heterocycles. The summed E-state index contributed by atoms with van der Waals surface area (Å²) in [5.41, 5.74) is 0.246. The van der Waals surface area contributed by atoms with Crippen molar-refractivity contribution >= 4 is 23.2 Å². The molecule has 116 valence electrons. The highest BCUT2D eigenvalue weighted by atomic mass is 32.1. The van der Waals surface area contributed by atoms with Gasteiger partial charge in [0.15, 0.2) is 0 Å². The van der Waals surface area contributed by atoms with Gasteiger partial charge in [-0.3, -0.25) is 14.5 Å². The number of nitrogens with zero attached hydrogens (tertiary/aromatic N) is 2. The minimum absolute atomic E-state index is 0.0258. The van der Waals surface area contributed by atoms with E-state index in [0.717, 1.165) is 12.0 Å². The SMILES string of the molecule is CCC1(C(=O)O)CCCN1CC(=O)N(C)Cc1ccsc1. The standard InChI is InChI=1S/C15H22N2O3S/c1-3-15(14(19)20)6-4-7-17(15)10-13(18)16(2)9-12-5-8-21-11-12/h5,8,11H,3-4,6-7,9-10H2,1-2H3,(H,19,20). The van der Waals surface area contributed by atoms with Crippen molar-refractivity contribution in [3.63, 3.8) is 0 Å². The first kappa shape index (κ1) is 16.0. The maximum Gasteiger partial charge on any atom is 0.324 e. The number of likely N-dealkylation sites (N-methyl/N-ethyl adjacent to an activating group) is 1. The van der Waals surface area contributed by atoms with Crippen LogP contribution in [-0.2, 0) is 16.1 Å². The van der Waals surface area contributed by atoms with Crippen LogP contribution < -0.4 is 0 Å². The Morgan fingerprint density at radius 3 is 2.86 bits per heavy atom. The van der Waals surface area contributed by atoms with E-state index in [1.54, 1.807) is 23.3 Å². The summed E-state index contributed by atoms with van der Waals surface area (Å²) in [6.07, 6.45) is 1.99. The van der Waals surface area contributed by atoms with E-state index in [4.69, 9.17) is 0 Å². The van der Waals surface area contributed by atoms with Crippen LogP contribution in [0.1, 0.15) is 31.7 Å². The van der Waals surface area contributed by atoms with Crippen molar-refractivity contribution in [2.24, 2.45) is 0 Å². The molecule has 1 atom stereocenters. The Hall–Kier alpha value is -1.40. The second-order valence-corrected chi connectivity index (χ2v) is 6.38. The molecule has 0 spiro atoms. The highest BCUT2D eigenvalue weighted by Gasteiger charge is 2.46. The first-order valence-electron chi connectivity index (χ1n) is 7.23. The maximum absolute atomic E-state index is 12.3. The van der Waals surface area contributed by atoms with E-state index >= 15 is 0 Å². The quantitative estimate of drug-likeness (QED) is 0.873. The van der Waals surface area contributed by atoms with E-state index in [0.29, 0.717) is 25.9 Å². The zero-order chi connectivity index (χ0) is 15.5. The average Bonchev–Trinajstić information content (AvgIpc) is 3.08. The number of hydrogen-bond donors (Lipinski definition) is 1. The average molecular weight is 310 g/mol. The molecular weight excluding hydrogens is 288 g/mol. The monoisotopic (exact) mass is 310 g/mol. The minimum Gasteiger partial charge on any atom is -0.480 e. The van der Waals surface area contributed by atoms with Gasteiger partial charge in [0.2, 0.25) is 5.91 Å². The molecule has 0 saturated carbocycles. The molecule has 1 aliphatic rings.